The van der Waals surface area contributed by atoms with Crippen molar-refractivity contribution in [2.24, 2.45) is 0 Å². The number of nitrogens with one attached hydrogen (secondary N) is 1. The average molecular weight is 292 g/mol. The smallest absolute Gasteiger partial charge is 0.387 e. The molecule has 0 spiro atoms. The molecule has 1 fully saturated rings. The average Bonchev–Trinajstić information content (AvgIpc) is 2.85. The summed E-state index contributed by atoms with van der Waals surface area (Å²) < 4.78 is 34.5. The summed E-state index contributed by atoms with van der Waals surface area (Å²) >= 11 is 5.86. The predicted molar refractivity (Wildman–Crippen MR) is 68.8 cm³/mol. The minimum Gasteiger partial charge on any atom is -0.434 e. The van der Waals surface area contributed by atoms with Crippen molar-refractivity contribution in [3.63, 3.8) is 0 Å². The highest BCUT2D eigenvalue weighted by Gasteiger charge is 2.15. The zero-order valence-corrected chi connectivity index (χ0v) is 11.1. The van der Waals surface area contributed by atoms with E-state index in [0.29, 0.717) is 23.7 Å². The van der Waals surface area contributed by atoms with Gasteiger partial charge < -0.3 is 14.8 Å². The van der Waals surface area contributed by atoms with Crippen LogP contribution in [0, 0.1) is 0 Å². The van der Waals surface area contributed by atoms with Gasteiger partial charge in [0.25, 0.3) is 0 Å². The Hall–Kier alpha value is -0.910. The van der Waals surface area contributed by atoms with Crippen LogP contribution in [0.2, 0.25) is 5.02 Å². The largest absolute Gasteiger partial charge is 0.434 e. The second-order valence-electron chi connectivity index (χ2n) is 4.40. The Morgan fingerprint density at radius 2 is 2.32 bits per heavy atom. The van der Waals surface area contributed by atoms with Gasteiger partial charge in [0.05, 0.1) is 6.10 Å². The van der Waals surface area contributed by atoms with Crippen LogP contribution in [0.1, 0.15) is 18.4 Å². The zero-order valence-electron chi connectivity index (χ0n) is 10.4. The van der Waals surface area contributed by atoms with Gasteiger partial charge in [-0.25, -0.2) is 0 Å². The first-order chi connectivity index (χ1) is 9.15. The molecule has 2 rings (SSSR count). The number of alkyl halides is 2. The van der Waals surface area contributed by atoms with Crippen LogP contribution < -0.4 is 10.1 Å². The van der Waals surface area contributed by atoms with Crippen molar-refractivity contribution >= 4 is 11.6 Å². The van der Waals surface area contributed by atoms with Gasteiger partial charge in [-0.3, -0.25) is 0 Å². The van der Waals surface area contributed by atoms with Crippen molar-refractivity contribution in [1.82, 2.24) is 5.32 Å². The number of ether oxygens (including phenoxy) is 2. The Kier molecular flexibility index (Phi) is 5.36. The highest BCUT2D eigenvalue weighted by atomic mass is 35.5. The van der Waals surface area contributed by atoms with Crippen LogP contribution in [0.5, 0.6) is 5.75 Å². The van der Waals surface area contributed by atoms with Gasteiger partial charge in [-0.15, -0.1) is 0 Å². The Morgan fingerprint density at radius 1 is 1.47 bits per heavy atom. The van der Waals surface area contributed by atoms with Crippen LogP contribution in [0.3, 0.4) is 0 Å². The molecule has 1 N–H and O–H groups in total. The lowest BCUT2D eigenvalue weighted by Gasteiger charge is -2.14. The summed E-state index contributed by atoms with van der Waals surface area (Å²) in [6.45, 7) is -0.926. The number of rotatable bonds is 6. The van der Waals surface area contributed by atoms with E-state index in [1.54, 1.807) is 6.07 Å². The van der Waals surface area contributed by atoms with Crippen molar-refractivity contribution in [1.29, 1.82) is 0 Å². The fourth-order valence-corrected chi connectivity index (χ4v) is 2.26. The second-order valence-corrected chi connectivity index (χ2v) is 4.83. The summed E-state index contributed by atoms with van der Waals surface area (Å²) in [5, 5.41) is 3.67. The molecule has 1 atom stereocenters. The standard InChI is InChI=1S/C13H16ClF2NO2/c14-10-3-4-12(19-13(15)16)9(6-10)7-17-8-11-2-1-5-18-11/h3-4,6,11,13,17H,1-2,5,7-8H2. The van der Waals surface area contributed by atoms with E-state index in [9.17, 15) is 8.78 Å². The Bertz CT molecular complexity index is 412. The molecule has 0 saturated carbocycles. The molecule has 1 aliphatic rings. The minimum atomic E-state index is -2.84. The van der Waals surface area contributed by atoms with Crippen LogP contribution in [-0.2, 0) is 11.3 Å². The molecule has 1 aromatic rings. The van der Waals surface area contributed by atoms with Crippen LogP contribution in [0.4, 0.5) is 8.78 Å². The first kappa shape index (κ1) is 14.5. The molecule has 106 valence electrons. The zero-order chi connectivity index (χ0) is 13.7. The predicted octanol–water partition coefficient (Wildman–Crippen LogP) is 3.21. The highest BCUT2D eigenvalue weighted by Crippen LogP contribution is 2.24. The minimum absolute atomic E-state index is 0.152. The third kappa shape index (κ3) is 4.60. The molecule has 0 amide bonds. The third-order valence-electron chi connectivity index (χ3n) is 2.95. The molecule has 1 unspecified atom stereocenters. The molecule has 1 aromatic carbocycles. The first-order valence-electron chi connectivity index (χ1n) is 6.20. The SMILES string of the molecule is FC(F)Oc1ccc(Cl)cc1CNCC1CCCO1. The summed E-state index contributed by atoms with van der Waals surface area (Å²) in [5.41, 5.74) is 0.616. The fraction of sp³-hybridized carbons (Fsp3) is 0.538. The summed E-state index contributed by atoms with van der Waals surface area (Å²) in [4.78, 5) is 0. The molecule has 0 aliphatic carbocycles. The molecule has 0 aromatic heterocycles. The molecule has 1 saturated heterocycles. The number of halogens is 3. The van der Waals surface area contributed by atoms with Crippen LogP contribution >= 0.6 is 11.6 Å². The highest BCUT2D eigenvalue weighted by molar-refractivity contribution is 6.30. The molecule has 0 bridgehead atoms. The van der Waals surface area contributed by atoms with Gasteiger partial charge in [-0.05, 0) is 31.0 Å². The quantitative estimate of drug-likeness (QED) is 0.873. The molecule has 0 radical (unpaired) electrons. The molecular formula is C13H16ClF2NO2. The molecule has 3 nitrogen and oxygen atoms in total. The van der Waals surface area contributed by atoms with E-state index in [2.05, 4.69) is 10.1 Å². The van der Waals surface area contributed by atoms with Crippen molar-refractivity contribution in [2.45, 2.75) is 32.1 Å². The molecule has 1 aliphatic heterocycles. The lowest BCUT2D eigenvalue weighted by atomic mass is 10.2. The fourth-order valence-electron chi connectivity index (χ4n) is 2.07. The Balaban J connectivity index is 1.91. The number of benzene rings is 1. The molecule has 19 heavy (non-hydrogen) atoms. The summed E-state index contributed by atoms with van der Waals surface area (Å²) in [5.74, 6) is 0.152. The van der Waals surface area contributed by atoms with Crippen molar-refractivity contribution < 1.29 is 18.3 Å². The van der Waals surface area contributed by atoms with Gasteiger partial charge in [0.1, 0.15) is 5.75 Å². The Labute approximate surface area is 115 Å². The lowest BCUT2D eigenvalue weighted by Crippen LogP contribution is -2.26. The third-order valence-corrected chi connectivity index (χ3v) is 3.19. The maximum Gasteiger partial charge on any atom is 0.387 e. The monoisotopic (exact) mass is 291 g/mol. The first-order valence-corrected chi connectivity index (χ1v) is 6.58. The van der Waals surface area contributed by atoms with Gasteiger partial charge in [0.15, 0.2) is 0 Å². The Morgan fingerprint density at radius 3 is 3.00 bits per heavy atom. The number of hydrogen-bond donors (Lipinski definition) is 1. The molecule has 1 heterocycles. The van der Waals surface area contributed by atoms with Crippen molar-refractivity contribution in [2.75, 3.05) is 13.2 Å². The van der Waals surface area contributed by atoms with E-state index in [-0.39, 0.29) is 11.9 Å². The van der Waals surface area contributed by atoms with Crippen LogP contribution in [0.25, 0.3) is 0 Å². The van der Waals surface area contributed by atoms with Crippen molar-refractivity contribution in [3.8, 4) is 5.75 Å². The molecule has 6 heteroatoms. The van der Waals surface area contributed by atoms with E-state index in [4.69, 9.17) is 16.3 Å². The van der Waals surface area contributed by atoms with Crippen LogP contribution in [0.15, 0.2) is 18.2 Å². The van der Waals surface area contributed by atoms with E-state index in [1.807, 2.05) is 0 Å². The van der Waals surface area contributed by atoms with E-state index < -0.39 is 6.61 Å². The second kappa shape index (κ2) is 7.03. The molecular weight excluding hydrogens is 276 g/mol. The summed E-state index contributed by atoms with van der Waals surface area (Å²) in [7, 11) is 0. The van der Waals surface area contributed by atoms with Crippen molar-refractivity contribution in [3.05, 3.63) is 28.8 Å². The maximum absolute atomic E-state index is 12.3. The van der Waals surface area contributed by atoms with Gasteiger partial charge in [0, 0.05) is 30.3 Å². The lowest BCUT2D eigenvalue weighted by molar-refractivity contribution is -0.0505. The number of hydrogen-bond acceptors (Lipinski definition) is 3. The normalized spacial score (nSPS) is 19.1. The van der Waals surface area contributed by atoms with Gasteiger partial charge in [-0.2, -0.15) is 8.78 Å². The van der Waals surface area contributed by atoms with E-state index in [0.717, 1.165) is 19.4 Å². The summed E-state index contributed by atoms with van der Waals surface area (Å²) in [6, 6.07) is 4.61. The van der Waals surface area contributed by atoms with E-state index in [1.165, 1.54) is 12.1 Å². The van der Waals surface area contributed by atoms with Gasteiger partial charge in [-0.1, -0.05) is 11.6 Å². The van der Waals surface area contributed by atoms with E-state index >= 15 is 0 Å². The summed E-state index contributed by atoms with van der Waals surface area (Å²) in [6.07, 6.45) is 2.31. The topological polar surface area (TPSA) is 30.5 Å². The van der Waals surface area contributed by atoms with Crippen LogP contribution in [-0.4, -0.2) is 25.9 Å². The van der Waals surface area contributed by atoms with Gasteiger partial charge in [0.2, 0.25) is 0 Å². The van der Waals surface area contributed by atoms with Gasteiger partial charge >= 0.3 is 6.61 Å². The maximum atomic E-state index is 12.3.